The minimum Gasteiger partial charge on any atom is -0.388 e. The second-order valence-corrected chi connectivity index (χ2v) is 5.07. The van der Waals surface area contributed by atoms with E-state index in [-0.39, 0.29) is 0 Å². The summed E-state index contributed by atoms with van der Waals surface area (Å²) < 4.78 is 5.29. The van der Waals surface area contributed by atoms with Crippen LogP contribution in [0.25, 0.3) is 0 Å². The standard InChI is InChI=1S/C10H21NO2S/c1-3-13-6-9(2)11-7-10(12)4-5-14-8-10/h9,11-12H,3-8H2,1-2H3. The lowest BCUT2D eigenvalue weighted by molar-refractivity contribution is 0.0574. The van der Waals surface area contributed by atoms with E-state index >= 15 is 0 Å². The summed E-state index contributed by atoms with van der Waals surface area (Å²) in [6.07, 6.45) is 0.909. The first-order valence-electron chi connectivity index (χ1n) is 5.27. The van der Waals surface area contributed by atoms with E-state index in [1.807, 2.05) is 18.7 Å². The molecule has 0 bridgehead atoms. The Morgan fingerprint density at radius 1 is 1.64 bits per heavy atom. The number of hydrogen-bond acceptors (Lipinski definition) is 4. The van der Waals surface area contributed by atoms with E-state index in [1.165, 1.54) is 0 Å². The van der Waals surface area contributed by atoms with Gasteiger partial charge in [-0.15, -0.1) is 0 Å². The molecule has 3 nitrogen and oxygen atoms in total. The fraction of sp³-hybridized carbons (Fsp3) is 1.00. The molecule has 0 amide bonds. The molecule has 2 unspecified atom stereocenters. The molecule has 1 aliphatic rings. The van der Waals surface area contributed by atoms with Crippen LogP contribution >= 0.6 is 11.8 Å². The predicted octanol–water partition coefficient (Wildman–Crippen LogP) is 0.869. The summed E-state index contributed by atoms with van der Waals surface area (Å²) in [5, 5.41) is 13.4. The molecular weight excluding hydrogens is 198 g/mol. The highest BCUT2D eigenvalue weighted by atomic mass is 32.2. The molecule has 2 atom stereocenters. The minimum atomic E-state index is -0.481. The van der Waals surface area contributed by atoms with Crippen molar-refractivity contribution < 1.29 is 9.84 Å². The van der Waals surface area contributed by atoms with Crippen LogP contribution < -0.4 is 5.32 Å². The average molecular weight is 219 g/mol. The third-order valence-corrected chi connectivity index (χ3v) is 3.67. The van der Waals surface area contributed by atoms with Crippen LogP contribution in [0, 0.1) is 0 Å². The monoisotopic (exact) mass is 219 g/mol. The van der Waals surface area contributed by atoms with Crippen LogP contribution in [0.5, 0.6) is 0 Å². The van der Waals surface area contributed by atoms with Crippen molar-refractivity contribution >= 4 is 11.8 Å². The van der Waals surface area contributed by atoms with Gasteiger partial charge in [-0.3, -0.25) is 0 Å². The molecule has 2 N–H and O–H groups in total. The number of aliphatic hydroxyl groups is 1. The molecule has 4 heteroatoms. The lowest BCUT2D eigenvalue weighted by Gasteiger charge is -2.24. The number of hydrogen-bond donors (Lipinski definition) is 2. The van der Waals surface area contributed by atoms with Crippen LogP contribution in [-0.4, -0.2) is 48.0 Å². The summed E-state index contributed by atoms with van der Waals surface area (Å²) in [4.78, 5) is 0. The van der Waals surface area contributed by atoms with E-state index in [1.54, 1.807) is 0 Å². The summed E-state index contributed by atoms with van der Waals surface area (Å²) in [5.41, 5.74) is -0.481. The SMILES string of the molecule is CCOCC(C)NCC1(O)CCSC1. The van der Waals surface area contributed by atoms with Crippen LogP contribution in [0.4, 0.5) is 0 Å². The molecule has 1 fully saturated rings. The zero-order valence-electron chi connectivity index (χ0n) is 9.08. The molecule has 0 aromatic carbocycles. The molecule has 84 valence electrons. The van der Waals surface area contributed by atoms with Gasteiger partial charge in [0.15, 0.2) is 0 Å². The van der Waals surface area contributed by atoms with Crippen LogP contribution in [0.2, 0.25) is 0 Å². The lowest BCUT2D eigenvalue weighted by atomic mass is 10.0. The normalized spacial score (nSPS) is 29.4. The fourth-order valence-electron chi connectivity index (χ4n) is 1.45. The van der Waals surface area contributed by atoms with Gasteiger partial charge in [0.25, 0.3) is 0 Å². The molecule has 1 heterocycles. The number of nitrogens with one attached hydrogen (secondary N) is 1. The molecule has 1 saturated heterocycles. The lowest BCUT2D eigenvalue weighted by Crippen LogP contribution is -2.45. The molecule has 0 saturated carbocycles. The van der Waals surface area contributed by atoms with Crippen LogP contribution in [0.1, 0.15) is 20.3 Å². The maximum atomic E-state index is 10.0. The first kappa shape index (κ1) is 12.3. The third kappa shape index (κ3) is 4.17. The van der Waals surface area contributed by atoms with Crippen molar-refractivity contribution in [2.24, 2.45) is 0 Å². The van der Waals surface area contributed by atoms with Crippen molar-refractivity contribution in [3.8, 4) is 0 Å². The Morgan fingerprint density at radius 3 is 3.00 bits per heavy atom. The number of ether oxygens (including phenoxy) is 1. The summed E-state index contributed by atoms with van der Waals surface area (Å²) in [5.74, 6) is 1.94. The van der Waals surface area contributed by atoms with Gasteiger partial charge in [-0.25, -0.2) is 0 Å². The zero-order valence-corrected chi connectivity index (χ0v) is 9.90. The van der Waals surface area contributed by atoms with Crippen molar-refractivity contribution in [3.05, 3.63) is 0 Å². The minimum absolute atomic E-state index is 0.324. The summed E-state index contributed by atoms with van der Waals surface area (Å²) in [6, 6.07) is 0.324. The van der Waals surface area contributed by atoms with Crippen molar-refractivity contribution in [2.75, 3.05) is 31.3 Å². The number of thioether (sulfide) groups is 1. The Bertz CT molecular complexity index is 160. The second kappa shape index (κ2) is 5.95. The summed E-state index contributed by atoms with van der Waals surface area (Å²) >= 11 is 1.83. The second-order valence-electron chi connectivity index (χ2n) is 3.97. The Labute approximate surface area is 90.6 Å². The molecule has 0 aromatic heterocycles. The predicted molar refractivity (Wildman–Crippen MR) is 60.8 cm³/mol. The largest absolute Gasteiger partial charge is 0.388 e. The quantitative estimate of drug-likeness (QED) is 0.695. The van der Waals surface area contributed by atoms with Crippen molar-refractivity contribution in [1.29, 1.82) is 0 Å². The van der Waals surface area contributed by atoms with Crippen molar-refractivity contribution in [2.45, 2.75) is 31.9 Å². The Morgan fingerprint density at radius 2 is 2.43 bits per heavy atom. The molecule has 14 heavy (non-hydrogen) atoms. The van der Waals surface area contributed by atoms with E-state index in [0.29, 0.717) is 12.6 Å². The van der Waals surface area contributed by atoms with Crippen molar-refractivity contribution in [1.82, 2.24) is 5.32 Å². The van der Waals surface area contributed by atoms with Crippen LogP contribution in [0.15, 0.2) is 0 Å². The van der Waals surface area contributed by atoms with Gasteiger partial charge in [-0.1, -0.05) is 0 Å². The van der Waals surface area contributed by atoms with E-state index < -0.39 is 5.60 Å². The van der Waals surface area contributed by atoms with E-state index in [9.17, 15) is 5.11 Å². The summed E-state index contributed by atoms with van der Waals surface area (Å²) in [6.45, 7) is 6.25. The maximum absolute atomic E-state index is 10.0. The molecule has 0 spiro atoms. The molecule has 0 aliphatic carbocycles. The van der Waals surface area contributed by atoms with Gasteiger partial charge in [0.1, 0.15) is 0 Å². The average Bonchev–Trinajstić information content (AvgIpc) is 2.60. The van der Waals surface area contributed by atoms with Gasteiger partial charge in [0.05, 0.1) is 12.2 Å². The summed E-state index contributed by atoms with van der Waals surface area (Å²) in [7, 11) is 0. The topological polar surface area (TPSA) is 41.5 Å². The fourth-order valence-corrected chi connectivity index (χ4v) is 2.75. The Kier molecular flexibility index (Phi) is 5.23. The van der Waals surface area contributed by atoms with Gasteiger partial charge in [0, 0.05) is 24.9 Å². The van der Waals surface area contributed by atoms with E-state index in [4.69, 9.17) is 4.74 Å². The molecule has 0 aromatic rings. The van der Waals surface area contributed by atoms with Gasteiger partial charge >= 0.3 is 0 Å². The number of rotatable bonds is 6. The first-order chi connectivity index (χ1) is 6.66. The van der Waals surface area contributed by atoms with E-state index in [2.05, 4.69) is 12.2 Å². The molecular formula is C10H21NO2S. The molecule has 0 radical (unpaired) electrons. The highest BCUT2D eigenvalue weighted by Gasteiger charge is 2.31. The van der Waals surface area contributed by atoms with Gasteiger partial charge in [0.2, 0.25) is 0 Å². The van der Waals surface area contributed by atoms with Crippen molar-refractivity contribution in [3.63, 3.8) is 0 Å². The highest BCUT2D eigenvalue weighted by molar-refractivity contribution is 7.99. The van der Waals surface area contributed by atoms with Gasteiger partial charge < -0.3 is 15.2 Å². The zero-order chi connectivity index (χ0) is 10.4. The highest BCUT2D eigenvalue weighted by Crippen LogP contribution is 2.26. The Hall–Kier alpha value is 0.230. The van der Waals surface area contributed by atoms with Gasteiger partial charge in [-0.2, -0.15) is 11.8 Å². The first-order valence-corrected chi connectivity index (χ1v) is 6.43. The van der Waals surface area contributed by atoms with Gasteiger partial charge in [-0.05, 0) is 26.0 Å². The molecule has 1 aliphatic heterocycles. The molecule has 1 rings (SSSR count). The van der Waals surface area contributed by atoms with Crippen LogP contribution in [-0.2, 0) is 4.74 Å². The smallest absolute Gasteiger partial charge is 0.0869 e. The maximum Gasteiger partial charge on any atom is 0.0869 e. The van der Waals surface area contributed by atoms with Crippen LogP contribution in [0.3, 0.4) is 0 Å². The third-order valence-electron chi connectivity index (χ3n) is 2.43. The van der Waals surface area contributed by atoms with E-state index in [0.717, 1.165) is 31.1 Å². The Balaban J connectivity index is 2.12.